The summed E-state index contributed by atoms with van der Waals surface area (Å²) in [7, 11) is 3.68. The molecule has 0 radical (unpaired) electrons. The van der Waals surface area contributed by atoms with E-state index < -0.39 is 0 Å². The second-order valence-electron chi connectivity index (χ2n) is 7.11. The van der Waals surface area contributed by atoms with Crippen molar-refractivity contribution in [2.75, 3.05) is 20.8 Å². The zero-order valence-electron chi connectivity index (χ0n) is 17.2. The van der Waals surface area contributed by atoms with Gasteiger partial charge in [-0.05, 0) is 74.3 Å². The Balaban J connectivity index is 1.84. The lowest BCUT2D eigenvalue weighted by molar-refractivity contribution is 0.305. The lowest BCUT2D eigenvalue weighted by Crippen LogP contribution is -2.18. The fourth-order valence-corrected chi connectivity index (χ4v) is 3.36. The Bertz CT molecular complexity index is 1040. The number of hydrogen-bond donors (Lipinski definition) is 0. The first kappa shape index (κ1) is 20.0. The Kier molecular flexibility index (Phi) is 6.05. The molecule has 0 aliphatic carbocycles. The van der Waals surface area contributed by atoms with Crippen LogP contribution < -0.4 is 15.1 Å². The van der Waals surface area contributed by atoms with E-state index in [2.05, 4.69) is 17.9 Å². The molecule has 0 unspecified atom stereocenters. The van der Waals surface area contributed by atoms with Crippen LogP contribution in [0.3, 0.4) is 0 Å². The molecule has 0 saturated carbocycles. The third kappa shape index (κ3) is 4.37. The Labute approximate surface area is 165 Å². The van der Waals surface area contributed by atoms with Gasteiger partial charge in [0.05, 0.1) is 13.7 Å². The van der Waals surface area contributed by atoms with E-state index in [1.807, 2.05) is 45.2 Å². The molecule has 0 bridgehead atoms. The van der Waals surface area contributed by atoms with Crippen LogP contribution in [-0.4, -0.2) is 25.7 Å². The summed E-state index contributed by atoms with van der Waals surface area (Å²) >= 11 is 0. The first-order valence-electron chi connectivity index (χ1n) is 9.43. The summed E-state index contributed by atoms with van der Waals surface area (Å²) in [4.78, 5) is 14.2. The molecule has 0 spiro atoms. The number of methoxy groups -OCH3 is 1. The minimum absolute atomic E-state index is 0.318. The third-order valence-electron chi connectivity index (χ3n) is 4.87. The van der Waals surface area contributed by atoms with Crippen molar-refractivity contribution >= 4 is 11.0 Å². The van der Waals surface area contributed by atoms with E-state index in [-0.39, 0.29) is 5.63 Å². The van der Waals surface area contributed by atoms with Crippen LogP contribution in [0.4, 0.5) is 0 Å². The predicted octanol–water partition coefficient (Wildman–Crippen LogP) is 4.45. The predicted molar refractivity (Wildman–Crippen MR) is 111 cm³/mol. The summed E-state index contributed by atoms with van der Waals surface area (Å²) in [5, 5.41) is 0.985. The quantitative estimate of drug-likeness (QED) is 0.566. The van der Waals surface area contributed by atoms with Crippen molar-refractivity contribution in [3.8, 4) is 11.5 Å². The molecule has 1 aromatic heterocycles. The highest BCUT2D eigenvalue weighted by Crippen LogP contribution is 2.29. The maximum Gasteiger partial charge on any atom is 0.336 e. The molecule has 0 saturated heterocycles. The van der Waals surface area contributed by atoms with Gasteiger partial charge in [0.25, 0.3) is 0 Å². The summed E-state index contributed by atoms with van der Waals surface area (Å²) < 4.78 is 16.4. The minimum Gasteiger partial charge on any atom is -0.493 e. The first-order valence-corrected chi connectivity index (χ1v) is 9.43. The van der Waals surface area contributed by atoms with E-state index in [0.29, 0.717) is 18.7 Å². The van der Waals surface area contributed by atoms with Crippen LogP contribution in [0.25, 0.3) is 11.0 Å². The van der Waals surface area contributed by atoms with Crippen molar-refractivity contribution in [1.82, 2.24) is 4.90 Å². The highest BCUT2D eigenvalue weighted by atomic mass is 16.5. The van der Waals surface area contributed by atoms with E-state index in [0.717, 1.165) is 40.1 Å². The zero-order valence-corrected chi connectivity index (χ0v) is 17.2. The average molecular weight is 381 g/mol. The van der Waals surface area contributed by atoms with Crippen LogP contribution in [0.2, 0.25) is 0 Å². The average Bonchev–Trinajstić information content (AvgIpc) is 2.64. The van der Waals surface area contributed by atoms with Gasteiger partial charge < -0.3 is 13.9 Å². The van der Waals surface area contributed by atoms with Crippen molar-refractivity contribution in [3.63, 3.8) is 0 Å². The van der Waals surface area contributed by atoms with Crippen LogP contribution >= 0.6 is 0 Å². The molecule has 3 aromatic rings. The van der Waals surface area contributed by atoms with E-state index in [1.165, 1.54) is 5.56 Å². The van der Waals surface area contributed by atoms with Crippen molar-refractivity contribution in [2.45, 2.75) is 33.9 Å². The van der Waals surface area contributed by atoms with Crippen LogP contribution in [0.1, 0.15) is 29.2 Å². The first-order chi connectivity index (χ1) is 13.4. The highest BCUT2D eigenvalue weighted by molar-refractivity contribution is 5.81. The van der Waals surface area contributed by atoms with Crippen molar-refractivity contribution in [1.29, 1.82) is 0 Å². The number of fused-ring (bicyclic) bond motifs is 1. The zero-order chi connectivity index (χ0) is 20.3. The van der Waals surface area contributed by atoms with Gasteiger partial charge in [-0.25, -0.2) is 4.79 Å². The summed E-state index contributed by atoms with van der Waals surface area (Å²) in [6, 6.07) is 11.6. The van der Waals surface area contributed by atoms with Gasteiger partial charge in [0.15, 0.2) is 11.5 Å². The molecule has 2 aromatic carbocycles. The fourth-order valence-electron chi connectivity index (χ4n) is 3.36. The van der Waals surface area contributed by atoms with Gasteiger partial charge in [-0.1, -0.05) is 6.07 Å². The van der Waals surface area contributed by atoms with Gasteiger partial charge in [-0.3, -0.25) is 4.90 Å². The van der Waals surface area contributed by atoms with Gasteiger partial charge in [-0.2, -0.15) is 0 Å². The number of benzene rings is 2. The number of nitrogens with zero attached hydrogens (tertiary/aromatic N) is 1. The van der Waals surface area contributed by atoms with Gasteiger partial charge in [-0.15, -0.1) is 0 Å². The van der Waals surface area contributed by atoms with Crippen LogP contribution in [0.15, 0.2) is 45.6 Å². The summed E-state index contributed by atoms with van der Waals surface area (Å²) in [5.41, 5.74) is 4.70. The van der Waals surface area contributed by atoms with Crippen LogP contribution in [0.5, 0.6) is 11.5 Å². The Morgan fingerprint density at radius 1 is 1.00 bits per heavy atom. The summed E-state index contributed by atoms with van der Waals surface area (Å²) in [5.74, 6) is 1.47. The normalized spacial score (nSPS) is 11.2. The monoisotopic (exact) mass is 381 g/mol. The molecule has 5 heteroatoms. The SMILES string of the molecule is CCOc1ccc(CN(C)Cc2cc(=O)oc3cc(C)c(C)cc23)cc1OC. The fraction of sp³-hybridized carbons (Fsp3) is 0.348. The molecule has 0 aliphatic rings. The van der Waals surface area contributed by atoms with E-state index >= 15 is 0 Å². The molecular weight excluding hydrogens is 354 g/mol. The molecule has 5 nitrogen and oxygen atoms in total. The molecule has 0 amide bonds. The molecule has 0 atom stereocenters. The van der Waals surface area contributed by atoms with E-state index in [9.17, 15) is 4.79 Å². The molecule has 0 fully saturated rings. The molecule has 0 aliphatic heterocycles. The van der Waals surface area contributed by atoms with Crippen molar-refractivity contribution in [3.05, 3.63) is 69.1 Å². The van der Waals surface area contributed by atoms with Gasteiger partial charge in [0.2, 0.25) is 0 Å². The van der Waals surface area contributed by atoms with Gasteiger partial charge >= 0.3 is 5.63 Å². The number of ether oxygens (including phenoxy) is 2. The second kappa shape index (κ2) is 8.48. The lowest BCUT2D eigenvalue weighted by Gasteiger charge is -2.19. The number of aryl methyl sites for hydroxylation is 2. The Hall–Kier alpha value is -2.79. The molecule has 1 heterocycles. The smallest absolute Gasteiger partial charge is 0.336 e. The minimum atomic E-state index is -0.318. The van der Waals surface area contributed by atoms with Gasteiger partial charge in [0.1, 0.15) is 5.58 Å². The summed E-state index contributed by atoms with van der Waals surface area (Å²) in [6.45, 7) is 7.99. The Morgan fingerprint density at radius 3 is 2.46 bits per heavy atom. The molecule has 0 N–H and O–H groups in total. The van der Waals surface area contributed by atoms with E-state index in [1.54, 1.807) is 13.2 Å². The number of rotatable bonds is 7. The third-order valence-corrected chi connectivity index (χ3v) is 4.87. The van der Waals surface area contributed by atoms with E-state index in [4.69, 9.17) is 13.9 Å². The maximum atomic E-state index is 12.0. The van der Waals surface area contributed by atoms with Crippen molar-refractivity contribution in [2.24, 2.45) is 0 Å². The molecule has 148 valence electrons. The summed E-state index contributed by atoms with van der Waals surface area (Å²) in [6.07, 6.45) is 0. The van der Waals surface area contributed by atoms with Crippen molar-refractivity contribution < 1.29 is 13.9 Å². The molecule has 28 heavy (non-hydrogen) atoms. The van der Waals surface area contributed by atoms with Crippen LogP contribution in [-0.2, 0) is 13.1 Å². The maximum absolute atomic E-state index is 12.0. The highest BCUT2D eigenvalue weighted by Gasteiger charge is 2.12. The second-order valence-corrected chi connectivity index (χ2v) is 7.11. The van der Waals surface area contributed by atoms with Crippen LogP contribution in [0, 0.1) is 13.8 Å². The molecular formula is C23H27NO4. The Morgan fingerprint density at radius 2 is 1.75 bits per heavy atom. The number of hydrogen-bond acceptors (Lipinski definition) is 5. The lowest BCUT2D eigenvalue weighted by atomic mass is 10.0. The molecule has 3 rings (SSSR count). The topological polar surface area (TPSA) is 51.9 Å². The van der Waals surface area contributed by atoms with Gasteiger partial charge in [0, 0.05) is 24.5 Å². The standard InChI is InChI=1S/C23H27NO4/c1-6-27-20-8-7-17(11-22(20)26-5)13-24(4)14-18-12-23(25)28-21-10-16(3)15(2)9-19(18)21/h7-12H,6,13-14H2,1-5H3. The largest absolute Gasteiger partial charge is 0.493 e.